The van der Waals surface area contributed by atoms with E-state index in [1.807, 2.05) is 0 Å². The fourth-order valence-corrected chi connectivity index (χ4v) is 5.10. The van der Waals surface area contributed by atoms with Crippen molar-refractivity contribution < 1.29 is 9.47 Å². The second-order valence-electron chi connectivity index (χ2n) is 9.09. The highest BCUT2D eigenvalue weighted by atomic mass is 16.5. The molecule has 4 heteroatoms. The summed E-state index contributed by atoms with van der Waals surface area (Å²) in [5.41, 5.74) is 1.65. The van der Waals surface area contributed by atoms with Crippen LogP contribution in [0.1, 0.15) is 50.5 Å². The van der Waals surface area contributed by atoms with Gasteiger partial charge >= 0.3 is 0 Å². The summed E-state index contributed by atoms with van der Waals surface area (Å²) in [6.07, 6.45) is 9.16. The Hall–Kier alpha value is -1.10. The van der Waals surface area contributed by atoms with Crippen LogP contribution in [0.15, 0.2) is 24.3 Å². The third kappa shape index (κ3) is 4.49. The summed E-state index contributed by atoms with van der Waals surface area (Å²) in [6, 6.07) is 9.86. The van der Waals surface area contributed by atoms with E-state index in [1.54, 1.807) is 0 Å². The van der Waals surface area contributed by atoms with Crippen LogP contribution < -0.4 is 4.74 Å². The van der Waals surface area contributed by atoms with Gasteiger partial charge in [-0.05, 0) is 70.3 Å². The highest BCUT2D eigenvalue weighted by Crippen LogP contribution is 2.36. The maximum Gasteiger partial charge on any atom is 0.119 e. The molecule has 0 atom stereocenters. The van der Waals surface area contributed by atoms with Crippen LogP contribution in [0.2, 0.25) is 0 Å². The highest BCUT2D eigenvalue weighted by Gasteiger charge is 2.35. The van der Waals surface area contributed by atoms with E-state index < -0.39 is 0 Å². The highest BCUT2D eigenvalue weighted by molar-refractivity contribution is 5.33. The van der Waals surface area contributed by atoms with Gasteiger partial charge in [0.05, 0.1) is 0 Å². The molecule has 0 unspecified atom stereocenters. The smallest absolute Gasteiger partial charge is 0.119 e. The topological polar surface area (TPSA) is 24.9 Å². The molecule has 0 bridgehead atoms. The van der Waals surface area contributed by atoms with Gasteiger partial charge in [0.25, 0.3) is 0 Å². The third-order valence-electron chi connectivity index (χ3n) is 6.91. The second-order valence-corrected chi connectivity index (χ2v) is 9.09. The Labute approximate surface area is 164 Å². The van der Waals surface area contributed by atoms with Crippen LogP contribution >= 0.6 is 0 Å². The molecule has 0 aromatic heterocycles. The van der Waals surface area contributed by atoms with Crippen LogP contribution in [0.25, 0.3) is 0 Å². The molecule has 1 saturated carbocycles. The standard InChI is InChI=1S/C23H36N2O2/c1-24(2)18-23(12-16-26-17-13-23)19-6-8-21(9-7-19)27-22-10-14-25(15-11-22)20-4-3-5-20/h6-9,20,22H,3-5,10-18H2,1-2H3. The molecule has 2 saturated heterocycles. The molecule has 0 amide bonds. The van der Waals surface area contributed by atoms with E-state index in [2.05, 4.69) is 48.2 Å². The Balaban J connectivity index is 1.35. The number of likely N-dealkylation sites (N-methyl/N-ethyl adjacent to an activating group) is 1. The largest absolute Gasteiger partial charge is 0.490 e. The van der Waals surface area contributed by atoms with Crippen molar-refractivity contribution in [3.8, 4) is 5.75 Å². The number of likely N-dealkylation sites (tertiary alicyclic amines) is 1. The molecule has 1 aromatic carbocycles. The van der Waals surface area contributed by atoms with E-state index in [4.69, 9.17) is 9.47 Å². The zero-order valence-corrected chi connectivity index (χ0v) is 17.2. The molecule has 4 nitrogen and oxygen atoms in total. The molecule has 4 rings (SSSR count). The fourth-order valence-electron chi connectivity index (χ4n) is 5.10. The molecule has 0 radical (unpaired) electrons. The molecule has 3 fully saturated rings. The third-order valence-corrected chi connectivity index (χ3v) is 6.91. The van der Waals surface area contributed by atoms with Gasteiger partial charge in [-0.25, -0.2) is 0 Å². The summed E-state index contributed by atoms with van der Waals surface area (Å²) in [7, 11) is 4.34. The molecule has 27 heavy (non-hydrogen) atoms. The van der Waals surface area contributed by atoms with E-state index in [-0.39, 0.29) is 5.41 Å². The maximum atomic E-state index is 6.33. The van der Waals surface area contributed by atoms with Crippen molar-refractivity contribution in [1.29, 1.82) is 0 Å². The first kappa shape index (κ1) is 19.2. The average Bonchev–Trinajstić information content (AvgIpc) is 2.63. The number of hydrogen-bond donors (Lipinski definition) is 0. The first-order chi connectivity index (χ1) is 13.1. The normalized spacial score (nSPS) is 24.7. The van der Waals surface area contributed by atoms with Crippen molar-refractivity contribution in [3.63, 3.8) is 0 Å². The van der Waals surface area contributed by atoms with Crippen LogP contribution in [0.5, 0.6) is 5.75 Å². The Kier molecular flexibility index (Phi) is 6.05. The van der Waals surface area contributed by atoms with Gasteiger partial charge in [-0.2, -0.15) is 0 Å². The zero-order chi connectivity index (χ0) is 18.7. The van der Waals surface area contributed by atoms with E-state index >= 15 is 0 Å². The van der Waals surface area contributed by atoms with E-state index in [9.17, 15) is 0 Å². The summed E-state index contributed by atoms with van der Waals surface area (Å²) >= 11 is 0. The van der Waals surface area contributed by atoms with Gasteiger partial charge in [-0.3, -0.25) is 0 Å². The first-order valence-corrected chi connectivity index (χ1v) is 10.9. The van der Waals surface area contributed by atoms with Gasteiger partial charge < -0.3 is 19.3 Å². The van der Waals surface area contributed by atoms with Crippen molar-refractivity contribution >= 4 is 0 Å². The molecular formula is C23H36N2O2. The summed E-state index contributed by atoms with van der Waals surface area (Å²) < 4.78 is 12.0. The molecule has 0 N–H and O–H groups in total. The van der Waals surface area contributed by atoms with E-state index in [1.165, 1.54) is 50.8 Å². The van der Waals surface area contributed by atoms with Crippen molar-refractivity contribution in [2.45, 2.75) is 62.5 Å². The lowest BCUT2D eigenvalue weighted by Crippen LogP contribution is -2.46. The number of nitrogens with zero attached hydrogens (tertiary/aromatic N) is 2. The summed E-state index contributed by atoms with van der Waals surface area (Å²) in [5, 5.41) is 0. The minimum Gasteiger partial charge on any atom is -0.490 e. The lowest BCUT2D eigenvalue weighted by Gasteiger charge is -2.41. The predicted octanol–water partition coefficient (Wildman–Crippen LogP) is 3.69. The van der Waals surface area contributed by atoms with Gasteiger partial charge in [-0.15, -0.1) is 0 Å². The molecule has 2 heterocycles. The summed E-state index contributed by atoms with van der Waals surface area (Å²) in [5.74, 6) is 1.04. The lowest BCUT2D eigenvalue weighted by molar-refractivity contribution is 0.0400. The summed E-state index contributed by atoms with van der Waals surface area (Å²) in [4.78, 5) is 4.99. The molecule has 0 spiro atoms. The van der Waals surface area contributed by atoms with Gasteiger partial charge in [0, 0.05) is 44.3 Å². The van der Waals surface area contributed by atoms with E-state index in [0.29, 0.717) is 6.10 Å². The Morgan fingerprint density at radius 2 is 1.70 bits per heavy atom. The quantitative estimate of drug-likeness (QED) is 0.760. The average molecular weight is 373 g/mol. The van der Waals surface area contributed by atoms with Crippen molar-refractivity contribution in [1.82, 2.24) is 9.80 Å². The zero-order valence-electron chi connectivity index (χ0n) is 17.2. The van der Waals surface area contributed by atoms with Crippen LogP contribution in [0.3, 0.4) is 0 Å². The molecule has 2 aliphatic heterocycles. The van der Waals surface area contributed by atoms with Gasteiger partial charge in [0.15, 0.2) is 0 Å². The van der Waals surface area contributed by atoms with Gasteiger partial charge in [0.2, 0.25) is 0 Å². The van der Waals surface area contributed by atoms with Crippen molar-refractivity contribution in [3.05, 3.63) is 29.8 Å². The second kappa shape index (κ2) is 8.50. The minimum absolute atomic E-state index is 0.217. The molecule has 1 aliphatic carbocycles. The van der Waals surface area contributed by atoms with Crippen LogP contribution in [-0.2, 0) is 10.2 Å². The van der Waals surface area contributed by atoms with Gasteiger partial charge in [-0.1, -0.05) is 18.6 Å². The molecular weight excluding hydrogens is 336 g/mol. The SMILES string of the molecule is CN(C)CC1(c2ccc(OC3CCN(C4CCC4)CC3)cc2)CCOCC1. The first-order valence-electron chi connectivity index (χ1n) is 10.9. The number of hydrogen-bond acceptors (Lipinski definition) is 4. The number of benzene rings is 1. The van der Waals surface area contributed by atoms with Crippen LogP contribution in [0.4, 0.5) is 0 Å². The summed E-state index contributed by atoms with van der Waals surface area (Å²) in [6.45, 7) is 5.23. The Morgan fingerprint density at radius 1 is 1.04 bits per heavy atom. The minimum atomic E-state index is 0.217. The number of rotatable bonds is 6. The predicted molar refractivity (Wildman–Crippen MR) is 110 cm³/mol. The maximum absolute atomic E-state index is 6.33. The molecule has 150 valence electrons. The molecule has 1 aromatic rings. The Bertz CT molecular complexity index is 583. The van der Waals surface area contributed by atoms with Crippen molar-refractivity contribution in [2.75, 3.05) is 46.9 Å². The Morgan fingerprint density at radius 3 is 2.26 bits per heavy atom. The monoisotopic (exact) mass is 372 g/mol. The number of piperidine rings is 1. The lowest BCUT2D eigenvalue weighted by atomic mass is 9.74. The van der Waals surface area contributed by atoms with Crippen LogP contribution in [0, 0.1) is 0 Å². The van der Waals surface area contributed by atoms with E-state index in [0.717, 1.165) is 44.4 Å². The van der Waals surface area contributed by atoms with Gasteiger partial charge in [0.1, 0.15) is 11.9 Å². The van der Waals surface area contributed by atoms with Crippen molar-refractivity contribution in [2.24, 2.45) is 0 Å². The number of ether oxygens (including phenoxy) is 2. The molecule has 3 aliphatic rings. The van der Waals surface area contributed by atoms with Crippen LogP contribution in [-0.4, -0.2) is 68.9 Å². The fraction of sp³-hybridized carbons (Fsp3) is 0.739.